The Kier molecular flexibility index (Phi) is 6.69. The number of hydrogen-bond acceptors (Lipinski definition) is 6. The summed E-state index contributed by atoms with van der Waals surface area (Å²) in [7, 11) is 1.66. The zero-order chi connectivity index (χ0) is 23.5. The Morgan fingerprint density at radius 3 is 2.74 bits per heavy atom. The van der Waals surface area contributed by atoms with Gasteiger partial charge in [0.05, 0.1) is 24.9 Å². The van der Waals surface area contributed by atoms with Crippen LogP contribution in [-0.2, 0) is 11.2 Å². The maximum atomic E-state index is 12.8. The molecule has 0 bridgehead atoms. The molecule has 3 heterocycles. The lowest BCUT2D eigenvalue weighted by Crippen LogP contribution is -2.43. The van der Waals surface area contributed by atoms with Crippen molar-refractivity contribution in [1.29, 1.82) is 0 Å². The molecule has 34 heavy (non-hydrogen) atoms. The summed E-state index contributed by atoms with van der Waals surface area (Å²) in [5.74, 6) is 0.894. The topological polar surface area (TPSA) is 71.8 Å². The van der Waals surface area contributed by atoms with Gasteiger partial charge in [0.15, 0.2) is 0 Å². The molecule has 1 saturated heterocycles. The third kappa shape index (κ3) is 5.03. The molecular formula is C25H26ClN5O2S. The molecule has 0 spiro atoms. The van der Waals surface area contributed by atoms with Crippen LogP contribution in [0.15, 0.2) is 54.7 Å². The lowest BCUT2D eigenvalue weighted by Gasteiger charge is -2.31. The van der Waals surface area contributed by atoms with E-state index in [1.807, 2.05) is 59.2 Å². The minimum atomic E-state index is -0.0370. The summed E-state index contributed by atoms with van der Waals surface area (Å²) in [5, 5.41) is 9.48. The standard InChI is InChI=1S/C25H26ClN5O2S/c1-33-21-10-6-18(7-11-21)22-16-31-24(28-22)34-25(29-31)30-14-2-3-19(15-30)23(32)27-13-12-17-4-8-20(26)9-5-17/h4-11,16,19H,2-3,12-15H2,1H3,(H,27,32). The molecule has 1 aliphatic heterocycles. The predicted octanol–water partition coefficient (Wildman–Crippen LogP) is 4.70. The molecule has 1 fully saturated rings. The van der Waals surface area contributed by atoms with E-state index < -0.39 is 0 Å². The summed E-state index contributed by atoms with van der Waals surface area (Å²) in [6.07, 6.45) is 4.60. The summed E-state index contributed by atoms with van der Waals surface area (Å²) >= 11 is 7.49. The van der Waals surface area contributed by atoms with E-state index in [-0.39, 0.29) is 11.8 Å². The number of piperidine rings is 1. The smallest absolute Gasteiger partial charge is 0.224 e. The number of halogens is 1. The van der Waals surface area contributed by atoms with E-state index in [4.69, 9.17) is 26.4 Å². The van der Waals surface area contributed by atoms with Crippen molar-refractivity contribution in [3.63, 3.8) is 0 Å². The van der Waals surface area contributed by atoms with Crippen LogP contribution in [0, 0.1) is 5.92 Å². The fourth-order valence-electron chi connectivity index (χ4n) is 4.21. The molecular weight excluding hydrogens is 470 g/mol. The first-order valence-electron chi connectivity index (χ1n) is 11.4. The van der Waals surface area contributed by atoms with Crippen LogP contribution >= 0.6 is 22.9 Å². The minimum absolute atomic E-state index is 0.0370. The Bertz CT molecular complexity index is 1240. The number of amides is 1. The maximum absolute atomic E-state index is 12.8. The number of nitrogens with one attached hydrogen (secondary N) is 1. The predicted molar refractivity (Wildman–Crippen MR) is 136 cm³/mol. The first-order valence-corrected chi connectivity index (χ1v) is 12.6. The summed E-state index contributed by atoms with van der Waals surface area (Å²) in [6.45, 7) is 2.20. The van der Waals surface area contributed by atoms with Gasteiger partial charge in [0.2, 0.25) is 16.0 Å². The zero-order valence-electron chi connectivity index (χ0n) is 18.9. The molecule has 2 aromatic heterocycles. The first-order chi connectivity index (χ1) is 16.6. The molecule has 176 valence electrons. The Hall–Kier alpha value is -3.10. The van der Waals surface area contributed by atoms with Gasteiger partial charge < -0.3 is 15.0 Å². The molecule has 1 aliphatic rings. The molecule has 5 rings (SSSR count). The molecule has 7 nitrogen and oxygen atoms in total. The lowest BCUT2D eigenvalue weighted by atomic mass is 9.97. The second-order valence-electron chi connectivity index (χ2n) is 8.42. The highest BCUT2D eigenvalue weighted by Gasteiger charge is 2.27. The van der Waals surface area contributed by atoms with Gasteiger partial charge in [-0.3, -0.25) is 4.79 Å². The van der Waals surface area contributed by atoms with Gasteiger partial charge in [-0.25, -0.2) is 9.50 Å². The van der Waals surface area contributed by atoms with Crippen molar-refractivity contribution >= 4 is 38.9 Å². The Morgan fingerprint density at radius 2 is 2.00 bits per heavy atom. The fourth-order valence-corrected chi connectivity index (χ4v) is 5.25. The van der Waals surface area contributed by atoms with Gasteiger partial charge in [0, 0.05) is 30.2 Å². The second-order valence-corrected chi connectivity index (χ2v) is 9.79. The number of aromatic nitrogens is 3. The zero-order valence-corrected chi connectivity index (χ0v) is 20.5. The van der Waals surface area contributed by atoms with Crippen LogP contribution in [-0.4, -0.2) is 47.2 Å². The third-order valence-corrected chi connectivity index (χ3v) is 7.34. The van der Waals surface area contributed by atoms with E-state index in [1.54, 1.807) is 18.4 Å². The van der Waals surface area contributed by atoms with Crippen LogP contribution in [0.25, 0.3) is 16.2 Å². The van der Waals surface area contributed by atoms with E-state index >= 15 is 0 Å². The van der Waals surface area contributed by atoms with Crippen LogP contribution in [0.5, 0.6) is 5.75 Å². The van der Waals surface area contributed by atoms with E-state index in [1.165, 1.54) is 0 Å². The van der Waals surface area contributed by atoms with Crippen molar-refractivity contribution in [3.05, 3.63) is 65.3 Å². The van der Waals surface area contributed by atoms with E-state index in [2.05, 4.69) is 10.2 Å². The Balaban J connectivity index is 1.19. The number of methoxy groups -OCH3 is 1. The number of carbonyl (C=O) groups is 1. The van der Waals surface area contributed by atoms with E-state index in [0.29, 0.717) is 13.1 Å². The summed E-state index contributed by atoms with van der Waals surface area (Å²) in [6, 6.07) is 15.6. The van der Waals surface area contributed by atoms with Crippen LogP contribution in [0.3, 0.4) is 0 Å². The van der Waals surface area contributed by atoms with E-state index in [9.17, 15) is 4.79 Å². The average molecular weight is 496 g/mol. The molecule has 1 atom stereocenters. The summed E-state index contributed by atoms with van der Waals surface area (Å²) in [4.78, 5) is 20.6. The Morgan fingerprint density at radius 1 is 1.21 bits per heavy atom. The molecule has 1 N–H and O–H groups in total. The maximum Gasteiger partial charge on any atom is 0.224 e. The van der Waals surface area contributed by atoms with Crippen molar-refractivity contribution in [1.82, 2.24) is 19.9 Å². The number of rotatable bonds is 7. The van der Waals surface area contributed by atoms with Crippen molar-refractivity contribution < 1.29 is 9.53 Å². The van der Waals surface area contributed by atoms with Gasteiger partial charge in [-0.15, -0.1) is 5.10 Å². The fraction of sp³-hybridized carbons (Fsp3) is 0.320. The number of nitrogens with zero attached hydrogens (tertiary/aromatic N) is 4. The lowest BCUT2D eigenvalue weighted by molar-refractivity contribution is -0.125. The Labute approximate surface area is 207 Å². The molecule has 4 aromatic rings. The number of ether oxygens (including phenoxy) is 1. The van der Waals surface area contributed by atoms with Crippen LogP contribution in [0.1, 0.15) is 18.4 Å². The first kappa shape index (κ1) is 22.7. The van der Waals surface area contributed by atoms with Gasteiger partial charge in [0.25, 0.3) is 0 Å². The SMILES string of the molecule is COc1ccc(-c2cn3nc(N4CCCC(C(=O)NCCc5ccc(Cl)cc5)C4)sc3n2)cc1. The van der Waals surface area contributed by atoms with Crippen molar-refractivity contribution in [2.75, 3.05) is 31.6 Å². The average Bonchev–Trinajstić information content (AvgIpc) is 3.45. The molecule has 0 saturated carbocycles. The number of benzene rings is 2. The minimum Gasteiger partial charge on any atom is -0.497 e. The highest BCUT2D eigenvalue weighted by molar-refractivity contribution is 7.20. The molecule has 1 amide bonds. The van der Waals surface area contributed by atoms with Gasteiger partial charge in [0.1, 0.15) is 5.75 Å². The van der Waals surface area contributed by atoms with Gasteiger partial charge in [-0.2, -0.15) is 0 Å². The molecule has 0 aliphatic carbocycles. The van der Waals surface area contributed by atoms with Gasteiger partial charge in [-0.05, 0) is 61.2 Å². The molecule has 9 heteroatoms. The highest BCUT2D eigenvalue weighted by atomic mass is 35.5. The van der Waals surface area contributed by atoms with Crippen molar-refractivity contribution in [2.24, 2.45) is 5.92 Å². The quantitative estimate of drug-likeness (QED) is 0.402. The molecule has 1 unspecified atom stereocenters. The van der Waals surface area contributed by atoms with Crippen LogP contribution in [0.4, 0.5) is 5.13 Å². The van der Waals surface area contributed by atoms with Crippen molar-refractivity contribution in [3.8, 4) is 17.0 Å². The molecule has 0 radical (unpaired) electrons. The number of carbonyl (C=O) groups excluding carboxylic acids is 1. The number of fused-ring (bicyclic) bond motifs is 1. The summed E-state index contributed by atoms with van der Waals surface area (Å²) in [5.41, 5.74) is 3.06. The van der Waals surface area contributed by atoms with Gasteiger partial charge in [-0.1, -0.05) is 35.1 Å². The van der Waals surface area contributed by atoms with Crippen molar-refractivity contribution in [2.45, 2.75) is 19.3 Å². The molecule has 2 aromatic carbocycles. The largest absolute Gasteiger partial charge is 0.497 e. The van der Waals surface area contributed by atoms with E-state index in [0.717, 1.165) is 63.5 Å². The third-order valence-electron chi connectivity index (χ3n) is 6.11. The second kappa shape index (κ2) is 10.0. The van der Waals surface area contributed by atoms with Crippen LogP contribution in [0.2, 0.25) is 5.02 Å². The normalized spacial score (nSPS) is 16.1. The number of anilines is 1. The number of hydrogen-bond donors (Lipinski definition) is 1. The highest BCUT2D eigenvalue weighted by Crippen LogP contribution is 2.30. The van der Waals surface area contributed by atoms with Crippen LogP contribution < -0.4 is 15.0 Å². The number of imidazole rings is 1. The monoisotopic (exact) mass is 495 g/mol. The summed E-state index contributed by atoms with van der Waals surface area (Å²) < 4.78 is 7.06. The van der Waals surface area contributed by atoms with Gasteiger partial charge >= 0.3 is 0 Å².